The molecule has 146 valence electrons. The summed E-state index contributed by atoms with van der Waals surface area (Å²) in [6.45, 7) is 1.47. The lowest BCUT2D eigenvalue weighted by Crippen LogP contribution is -2.46. The maximum absolute atomic E-state index is 13.1. The maximum atomic E-state index is 13.1. The molecule has 1 aliphatic carbocycles. The van der Waals surface area contributed by atoms with E-state index in [9.17, 15) is 8.42 Å². The Balaban J connectivity index is 1.39. The Bertz CT molecular complexity index is 992. The van der Waals surface area contributed by atoms with E-state index >= 15 is 0 Å². The Kier molecular flexibility index (Phi) is 4.38. The summed E-state index contributed by atoms with van der Waals surface area (Å²) in [5, 5.41) is 3.15. The SMILES string of the molecule is O=S(=O)(c1ccccc1)[C@H]1CNC2=C(CCCC2N2C=C3C=NC=CC3C2)C1. The van der Waals surface area contributed by atoms with Crippen molar-refractivity contribution < 1.29 is 8.42 Å². The number of hydrogen-bond donors (Lipinski definition) is 1. The van der Waals surface area contributed by atoms with E-state index in [0.717, 1.165) is 25.8 Å². The van der Waals surface area contributed by atoms with Crippen molar-refractivity contribution in [2.24, 2.45) is 10.9 Å². The first kappa shape index (κ1) is 17.7. The van der Waals surface area contributed by atoms with Gasteiger partial charge in [0.15, 0.2) is 9.84 Å². The molecule has 5 rings (SSSR count). The van der Waals surface area contributed by atoms with Crippen molar-refractivity contribution in [3.8, 4) is 0 Å². The second-order valence-corrected chi connectivity index (χ2v) is 10.3. The van der Waals surface area contributed by atoms with E-state index in [2.05, 4.69) is 27.5 Å². The Morgan fingerprint density at radius 2 is 2.04 bits per heavy atom. The zero-order chi connectivity index (χ0) is 19.1. The summed E-state index contributed by atoms with van der Waals surface area (Å²) in [5.74, 6) is 0.429. The van der Waals surface area contributed by atoms with Gasteiger partial charge in [0.05, 0.1) is 16.2 Å². The standard InChI is InChI=1S/C22H25N3O2S/c26-28(27,19-6-2-1-3-7-19)20-11-16-5-4-8-21(22(16)24-13-20)25-14-17-9-10-23-12-18(17)15-25/h1-3,6-7,9-10,12,15,17,20-21,24H,4-5,8,11,13-14H2/t17?,20-,21?/m1/s1. The fourth-order valence-corrected chi connectivity index (χ4v) is 6.52. The number of nitrogens with one attached hydrogen (secondary N) is 1. The first-order valence-corrected chi connectivity index (χ1v) is 11.6. The summed E-state index contributed by atoms with van der Waals surface area (Å²) in [4.78, 5) is 7.11. The summed E-state index contributed by atoms with van der Waals surface area (Å²) in [6.07, 6.45) is 12.1. The van der Waals surface area contributed by atoms with E-state index in [1.54, 1.807) is 24.3 Å². The van der Waals surface area contributed by atoms with Crippen molar-refractivity contribution in [3.05, 3.63) is 65.7 Å². The maximum Gasteiger partial charge on any atom is 0.183 e. The summed E-state index contributed by atoms with van der Waals surface area (Å²) < 4.78 is 26.1. The van der Waals surface area contributed by atoms with E-state index in [-0.39, 0.29) is 5.25 Å². The van der Waals surface area contributed by atoms with Crippen LogP contribution in [-0.4, -0.2) is 43.9 Å². The number of fused-ring (bicyclic) bond motifs is 1. The van der Waals surface area contributed by atoms with Gasteiger partial charge in [0.1, 0.15) is 0 Å². The van der Waals surface area contributed by atoms with Crippen LogP contribution in [0.5, 0.6) is 0 Å². The summed E-state index contributed by atoms with van der Waals surface area (Å²) in [7, 11) is -3.32. The van der Waals surface area contributed by atoms with Crippen LogP contribution in [0, 0.1) is 5.92 Å². The topological polar surface area (TPSA) is 61.8 Å². The van der Waals surface area contributed by atoms with Crippen molar-refractivity contribution in [1.29, 1.82) is 0 Å². The molecule has 3 atom stereocenters. The van der Waals surface area contributed by atoms with Gasteiger partial charge in [0.2, 0.25) is 0 Å². The fourth-order valence-electron chi connectivity index (χ4n) is 4.88. The second kappa shape index (κ2) is 6.92. The van der Waals surface area contributed by atoms with Crippen molar-refractivity contribution in [3.63, 3.8) is 0 Å². The smallest absolute Gasteiger partial charge is 0.183 e. The van der Waals surface area contributed by atoms with E-state index < -0.39 is 9.84 Å². The lowest BCUT2D eigenvalue weighted by atomic mass is 9.86. The minimum Gasteiger partial charge on any atom is -0.385 e. The van der Waals surface area contributed by atoms with Crippen LogP contribution in [-0.2, 0) is 9.84 Å². The molecule has 6 heteroatoms. The molecule has 0 radical (unpaired) electrons. The first-order valence-electron chi connectivity index (χ1n) is 10.0. The molecule has 3 aliphatic heterocycles. The number of hydrogen-bond acceptors (Lipinski definition) is 5. The number of rotatable bonds is 3. The van der Waals surface area contributed by atoms with E-state index in [1.165, 1.54) is 16.8 Å². The van der Waals surface area contributed by atoms with Crippen molar-refractivity contribution in [1.82, 2.24) is 10.2 Å². The third kappa shape index (κ3) is 3.00. The quantitative estimate of drug-likeness (QED) is 0.855. The Morgan fingerprint density at radius 3 is 2.86 bits per heavy atom. The molecule has 0 bridgehead atoms. The molecular formula is C22H25N3O2S. The lowest BCUT2D eigenvalue weighted by molar-refractivity contribution is 0.271. The van der Waals surface area contributed by atoms with Gasteiger partial charge in [-0.05, 0) is 49.0 Å². The van der Waals surface area contributed by atoms with Crippen LogP contribution in [0.4, 0.5) is 0 Å². The molecule has 0 spiro atoms. The molecule has 0 saturated carbocycles. The van der Waals surface area contributed by atoms with Gasteiger partial charge in [-0.1, -0.05) is 24.3 Å². The zero-order valence-electron chi connectivity index (χ0n) is 15.8. The monoisotopic (exact) mass is 395 g/mol. The van der Waals surface area contributed by atoms with Crippen LogP contribution in [0.3, 0.4) is 0 Å². The van der Waals surface area contributed by atoms with Gasteiger partial charge in [-0.25, -0.2) is 8.42 Å². The summed E-state index contributed by atoms with van der Waals surface area (Å²) >= 11 is 0. The Labute approximate surface area is 166 Å². The van der Waals surface area contributed by atoms with Crippen molar-refractivity contribution in [2.45, 2.75) is 41.9 Å². The van der Waals surface area contributed by atoms with Crippen molar-refractivity contribution in [2.75, 3.05) is 13.1 Å². The van der Waals surface area contributed by atoms with Gasteiger partial charge in [0, 0.05) is 43.3 Å². The van der Waals surface area contributed by atoms with Crippen LogP contribution in [0.2, 0.25) is 0 Å². The highest BCUT2D eigenvalue weighted by molar-refractivity contribution is 7.92. The van der Waals surface area contributed by atoms with Crippen LogP contribution in [0.25, 0.3) is 0 Å². The molecule has 1 aromatic carbocycles. The van der Waals surface area contributed by atoms with Gasteiger partial charge in [-0.15, -0.1) is 0 Å². The van der Waals surface area contributed by atoms with Crippen LogP contribution < -0.4 is 5.32 Å². The molecule has 0 aromatic heterocycles. The van der Waals surface area contributed by atoms with Crippen LogP contribution in [0.15, 0.2) is 75.5 Å². The molecule has 0 saturated heterocycles. The highest BCUT2D eigenvalue weighted by atomic mass is 32.2. The third-order valence-corrected chi connectivity index (χ3v) is 8.49. The number of aliphatic imine (C=N–C) groups is 1. The number of benzene rings is 1. The van der Waals surface area contributed by atoms with Gasteiger partial charge < -0.3 is 10.2 Å². The molecule has 4 aliphatic rings. The number of sulfone groups is 1. The molecule has 3 heterocycles. The van der Waals surface area contributed by atoms with Gasteiger partial charge in [-0.3, -0.25) is 4.99 Å². The summed E-state index contributed by atoms with van der Waals surface area (Å²) in [5.41, 5.74) is 3.84. The van der Waals surface area contributed by atoms with Crippen LogP contribution >= 0.6 is 0 Å². The lowest BCUT2D eigenvalue weighted by Gasteiger charge is -2.40. The highest BCUT2D eigenvalue weighted by Crippen LogP contribution is 2.37. The number of nitrogens with zero attached hydrogens (tertiary/aromatic N) is 2. The molecular weight excluding hydrogens is 370 g/mol. The van der Waals surface area contributed by atoms with E-state index in [4.69, 9.17) is 0 Å². The Hall–Kier alpha value is -2.34. The highest BCUT2D eigenvalue weighted by Gasteiger charge is 2.38. The molecule has 5 nitrogen and oxygen atoms in total. The minimum atomic E-state index is -3.32. The molecule has 1 aromatic rings. The molecule has 2 unspecified atom stereocenters. The zero-order valence-corrected chi connectivity index (χ0v) is 16.6. The largest absolute Gasteiger partial charge is 0.385 e. The second-order valence-electron chi connectivity index (χ2n) is 8.04. The van der Waals surface area contributed by atoms with Crippen molar-refractivity contribution >= 4 is 16.1 Å². The average molecular weight is 396 g/mol. The van der Waals surface area contributed by atoms with Gasteiger partial charge in [-0.2, -0.15) is 0 Å². The average Bonchev–Trinajstić information content (AvgIpc) is 3.17. The molecule has 28 heavy (non-hydrogen) atoms. The van der Waals surface area contributed by atoms with Gasteiger partial charge >= 0.3 is 0 Å². The third-order valence-electron chi connectivity index (χ3n) is 6.35. The molecule has 1 N–H and O–H groups in total. The molecule has 0 amide bonds. The normalized spacial score (nSPS) is 29.2. The van der Waals surface area contributed by atoms with E-state index in [0.29, 0.717) is 29.8 Å². The van der Waals surface area contributed by atoms with Gasteiger partial charge in [0.25, 0.3) is 0 Å². The Morgan fingerprint density at radius 1 is 1.18 bits per heavy atom. The summed E-state index contributed by atoms with van der Waals surface area (Å²) in [6, 6.07) is 9.17. The predicted molar refractivity (Wildman–Crippen MR) is 111 cm³/mol. The van der Waals surface area contributed by atoms with E-state index in [1.807, 2.05) is 18.5 Å². The molecule has 0 fully saturated rings. The first-order chi connectivity index (χ1) is 13.6. The van der Waals surface area contributed by atoms with Crippen LogP contribution in [0.1, 0.15) is 25.7 Å². The minimum absolute atomic E-state index is 0.323. The predicted octanol–water partition coefficient (Wildman–Crippen LogP) is 3.04. The fraction of sp³-hybridized carbons (Fsp3) is 0.409. The number of allylic oxidation sites excluding steroid dienone is 1.